The van der Waals surface area contributed by atoms with E-state index in [1.807, 2.05) is 30.3 Å². The fourth-order valence-electron chi connectivity index (χ4n) is 4.85. The zero-order chi connectivity index (χ0) is 28.6. The van der Waals surface area contributed by atoms with Crippen LogP contribution >= 0.6 is 11.8 Å². The quantitative estimate of drug-likeness (QED) is 0.155. The van der Waals surface area contributed by atoms with Gasteiger partial charge in [-0.05, 0) is 66.1 Å². The van der Waals surface area contributed by atoms with E-state index in [-0.39, 0.29) is 5.75 Å². The van der Waals surface area contributed by atoms with Gasteiger partial charge in [-0.15, -0.1) is 18.3 Å². The molecule has 6 rings (SSSR count). The van der Waals surface area contributed by atoms with Gasteiger partial charge in [0, 0.05) is 29.1 Å². The maximum Gasteiger partial charge on any atom is 0.573 e. The standard InChI is InChI=1S/C30H25F3N6OS/c1-19(2)23-5-3-4-6-26(23)38-15-16-41-29(38)37-35-17-20-7-12-24-25(36-20)13-14-27-28(24)34-18-39(27)21-8-10-22(11-9-21)40-30(31,32)33/h3-14,17-19H,15-16H2,1-2H3. The molecule has 0 saturated carbocycles. The van der Waals surface area contributed by atoms with Gasteiger partial charge in [0.05, 0.1) is 28.5 Å². The lowest BCUT2D eigenvalue weighted by atomic mass is 10.0. The van der Waals surface area contributed by atoms with Crippen LogP contribution in [-0.2, 0) is 0 Å². The van der Waals surface area contributed by atoms with Crippen LogP contribution in [0.2, 0.25) is 0 Å². The number of aromatic nitrogens is 3. The maximum atomic E-state index is 12.5. The Bertz CT molecular complexity index is 1780. The van der Waals surface area contributed by atoms with Gasteiger partial charge in [-0.25, -0.2) is 9.97 Å². The lowest BCUT2D eigenvalue weighted by Gasteiger charge is -2.22. The van der Waals surface area contributed by atoms with E-state index in [4.69, 9.17) is 4.98 Å². The summed E-state index contributed by atoms with van der Waals surface area (Å²) in [4.78, 5) is 11.5. The number of thioether (sulfide) groups is 1. The molecule has 0 bridgehead atoms. The monoisotopic (exact) mass is 574 g/mol. The molecule has 1 aliphatic heterocycles. The summed E-state index contributed by atoms with van der Waals surface area (Å²) in [5, 5.41) is 10.6. The van der Waals surface area contributed by atoms with E-state index in [1.54, 1.807) is 41.0 Å². The van der Waals surface area contributed by atoms with Crippen LogP contribution in [0.15, 0.2) is 89.3 Å². The van der Waals surface area contributed by atoms with Crippen molar-refractivity contribution in [2.24, 2.45) is 10.2 Å². The molecule has 1 saturated heterocycles. The first kappa shape index (κ1) is 26.8. The average molecular weight is 575 g/mol. The van der Waals surface area contributed by atoms with Crippen LogP contribution in [0.25, 0.3) is 27.6 Å². The molecular weight excluding hydrogens is 549 g/mol. The second-order valence-electron chi connectivity index (χ2n) is 9.73. The second kappa shape index (κ2) is 10.9. The Morgan fingerprint density at radius 1 is 1.00 bits per heavy atom. The normalized spacial score (nSPS) is 15.3. The highest BCUT2D eigenvalue weighted by atomic mass is 32.2. The third kappa shape index (κ3) is 5.62. The Hall–Kier alpha value is -4.38. The Balaban J connectivity index is 1.24. The molecule has 11 heteroatoms. The summed E-state index contributed by atoms with van der Waals surface area (Å²) in [6.45, 7) is 5.26. The summed E-state index contributed by atoms with van der Waals surface area (Å²) in [7, 11) is 0. The van der Waals surface area contributed by atoms with Gasteiger partial charge >= 0.3 is 6.36 Å². The summed E-state index contributed by atoms with van der Waals surface area (Å²) >= 11 is 1.68. The van der Waals surface area contributed by atoms with Crippen LogP contribution in [0, 0.1) is 0 Å². The highest BCUT2D eigenvalue weighted by Gasteiger charge is 2.31. The molecule has 1 fully saturated rings. The third-order valence-corrected chi connectivity index (χ3v) is 7.66. The molecule has 5 aromatic rings. The number of benzene rings is 3. The Labute approximate surface area is 238 Å². The first-order chi connectivity index (χ1) is 19.8. The number of amidine groups is 1. The minimum atomic E-state index is -4.73. The molecule has 1 aliphatic rings. The second-order valence-corrected chi connectivity index (χ2v) is 10.8. The number of fused-ring (bicyclic) bond motifs is 3. The number of halogens is 3. The van der Waals surface area contributed by atoms with Gasteiger partial charge in [0.2, 0.25) is 0 Å². The smallest absolute Gasteiger partial charge is 0.406 e. The SMILES string of the molecule is CC(C)c1ccccc1N1CCSC1=NN=Cc1ccc2c(ccc3c2ncn3-c2ccc(OC(F)(F)F)cc2)n1. The minimum Gasteiger partial charge on any atom is -0.406 e. The van der Waals surface area contributed by atoms with Crippen molar-refractivity contribution in [1.29, 1.82) is 0 Å². The molecule has 41 heavy (non-hydrogen) atoms. The van der Waals surface area contributed by atoms with Crippen molar-refractivity contribution in [1.82, 2.24) is 14.5 Å². The molecule has 0 amide bonds. The molecular formula is C30H25F3N6OS. The molecule has 0 radical (unpaired) electrons. The predicted molar refractivity (Wildman–Crippen MR) is 158 cm³/mol. The van der Waals surface area contributed by atoms with Crippen molar-refractivity contribution in [2.75, 3.05) is 17.2 Å². The average Bonchev–Trinajstić information content (AvgIpc) is 3.60. The van der Waals surface area contributed by atoms with Crippen molar-refractivity contribution in [3.05, 3.63) is 90.4 Å². The van der Waals surface area contributed by atoms with Crippen molar-refractivity contribution in [2.45, 2.75) is 26.1 Å². The Morgan fingerprint density at radius 2 is 1.80 bits per heavy atom. The van der Waals surface area contributed by atoms with Gasteiger partial charge in [-0.3, -0.25) is 4.57 Å². The first-order valence-corrected chi connectivity index (χ1v) is 14.0. The highest BCUT2D eigenvalue weighted by Crippen LogP contribution is 2.33. The van der Waals surface area contributed by atoms with Crippen LogP contribution < -0.4 is 9.64 Å². The van der Waals surface area contributed by atoms with E-state index < -0.39 is 6.36 Å². The molecule has 0 atom stereocenters. The van der Waals surface area contributed by atoms with Crippen LogP contribution in [0.5, 0.6) is 5.75 Å². The van der Waals surface area contributed by atoms with Crippen LogP contribution in [0.3, 0.4) is 0 Å². The molecule has 208 valence electrons. The van der Waals surface area contributed by atoms with E-state index in [0.29, 0.717) is 17.3 Å². The molecule has 0 aliphatic carbocycles. The highest BCUT2D eigenvalue weighted by molar-refractivity contribution is 8.14. The van der Waals surface area contributed by atoms with Gasteiger partial charge in [-0.2, -0.15) is 5.10 Å². The van der Waals surface area contributed by atoms with Gasteiger partial charge in [0.1, 0.15) is 12.1 Å². The van der Waals surface area contributed by atoms with Gasteiger partial charge in [0.25, 0.3) is 0 Å². The third-order valence-electron chi connectivity index (χ3n) is 6.71. The van der Waals surface area contributed by atoms with Crippen molar-refractivity contribution in [3.8, 4) is 11.4 Å². The fourth-order valence-corrected chi connectivity index (χ4v) is 5.76. The molecule has 0 spiro atoms. The number of hydrogen-bond donors (Lipinski definition) is 0. The zero-order valence-corrected chi connectivity index (χ0v) is 23.0. The molecule has 0 unspecified atom stereocenters. The zero-order valence-electron chi connectivity index (χ0n) is 22.2. The van der Waals surface area contributed by atoms with Crippen LogP contribution in [0.4, 0.5) is 18.9 Å². The van der Waals surface area contributed by atoms with E-state index in [0.717, 1.165) is 39.4 Å². The number of imidazole rings is 1. The van der Waals surface area contributed by atoms with Crippen molar-refractivity contribution >= 4 is 50.8 Å². The number of alkyl halides is 3. The Kier molecular flexibility index (Phi) is 7.12. The summed E-state index contributed by atoms with van der Waals surface area (Å²) in [6, 6.07) is 21.6. The van der Waals surface area contributed by atoms with E-state index in [2.05, 4.69) is 56.9 Å². The molecule has 0 N–H and O–H groups in total. The number of ether oxygens (including phenoxy) is 1. The van der Waals surface area contributed by atoms with E-state index >= 15 is 0 Å². The molecule has 7 nitrogen and oxygen atoms in total. The molecule has 3 heterocycles. The van der Waals surface area contributed by atoms with Gasteiger partial charge in [0.15, 0.2) is 5.17 Å². The van der Waals surface area contributed by atoms with Crippen LogP contribution in [0.1, 0.15) is 31.0 Å². The summed E-state index contributed by atoms with van der Waals surface area (Å²) in [6.07, 6.45) is -1.45. The number of pyridine rings is 1. The topological polar surface area (TPSA) is 67.9 Å². The molecule has 3 aromatic carbocycles. The van der Waals surface area contributed by atoms with Gasteiger partial charge < -0.3 is 9.64 Å². The van der Waals surface area contributed by atoms with E-state index in [9.17, 15) is 13.2 Å². The summed E-state index contributed by atoms with van der Waals surface area (Å²) < 4.78 is 43.3. The largest absolute Gasteiger partial charge is 0.573 e. The van der Waals surface area contributed by atoms with E-state index in [1.165, 1.54) is 23.4 Å². The first-order valence-electron chi connectivity index (χ1n) is 13.0. The lowest BCUT2D eigenvalue weighted by Crippen LogP contribution is -2.24. The van der Waals surface area contributed by atoms with Crippen molar-refractivity contribution in [3.63, 3.8) is 0 Å². The van der Waals surface area contributed by atoms with Crippen molar-refractivity contribution < 1.29 is 17.9 Å². The number of nitrogens with zero attached hydrogens (tertiary/aromatic N) is 6. The summed E-state index contributed by atoms with van der Waals surface area (Å²) in [5.74, 6) is 1.07. The molecule has 2 aromatic heterocycles. The Morgan fingerprint density at radius 3 is 2.59 bits per heavy atom. The lowest BCUT2D eigenvalue weighted by molar-refractivity contribution is -0.274. The number of para-hydroxylation sites is 1. The number of hydrogen-bond acceptors (Lipinski definition) is 6. The summed E-state index contributed by atoms with van der Waals surface area (Å²) in [5.41, 5.74) is 6.05. The number of rotatable bonds is 6. The fraction of sp³-hybridized carbons (Fsp3) is 0.200. The van der Waals surface area contributed by atoms with Gasteiger partial charge in [-0.1, -0.05) is 43.8 Å². The van der Waals surface area contributed by atoms with Crippen LogP contribution in [-0.4, -0.2) is 44.6 Å². The number of anilines is 1. The predicted octanol–water partition coefficient (Wildman–Crippen LogP) is 7.54. The maximum absolute atomic E-state index is 12.5. The minimum absolute atomic E-state index is 0.278.